The molecule has 2 nitrogen and oxygen atoms in total. The van der Waals surface area contributed by atoms with Crippen LogP contribution in [0.15, 0.2) is 12.2 Å². The maximum atomic E-state index is 8.46. The van der Waals surface area contributed by atoms with E-state index in [4.69, 9.17) is 10.2 Å². The molecule has 0 aromatic heterocycles. The van der Waals surface area contributed by atoms with Gasteiger partial charge in [-0.2, -0.15) is 0 Å². The topological polar surface area (TPSA) is 40.5 Å². The van der Waals surface area contributed by atoms with Crippen molar-refractivity contribution in [2.24, 2.45) is 0 Å². The van der Waals surface area contributed by atoms with Gasteiger partial charge in [-0.3, -0.25) is 0 Å². The molecular formula is C9H18O2. The molecule has 0 saturated carbocycles. The summed E-state index contributed by atoms with van der Waals surface area (Å²) in [7, 11) is 0. The average molecular weight is 158 g/mol. The predicted molar refractivity (Wildman–Crippen MR) is 46.4 cm³/mol. The monoisotopic (exact) mass is 158 g/mol. The number of rotatable bonds is 7. The smallest absolute Gasteiger partial charge is 0.0612 e. The van der Waals surface area contributed by atoms with Crippen LogP contribution in [0, 0.1) is 0 Å². The summed E-state index contributed by atoms with van der Waals surface area (Å²) in [6.07, 6.45) is 9.19. The van der Waals surface area contributed by atoms with Crippen LogP contribution in [-0.2, 0) is 0 Å². The highest BCUT2D eigenvalue weighted by atomic mass is 16.3. The second-order valence-electron chi connectivity index (χ2n) is 2.58. The van der Waals surface area contributed by atoms with Crippen molar-refractivity contribution in [3.63, 3.8) is 0 Å². The van der Waals surface area contributed by atoms with Gasteiger partial charge in [-0.25, -0.2) is 0 Å². The van der Waals surface area contributed by atoms with Gasteiger partial charge in [-0.15, -0.1) is 0 Å². The van der Waals surface area contributed by atoms with Crippen LogP contribution < -0.4 is 0 Å². The van der Waals surface area contributed by atoms with E-state index in [-0.39, 0.29) is 6.61 Å². The zero-order valence-corrected chi connectivity index (χ0v) is 7.00. The molecule has 0 heterocycles. The first-order valence-corrected chi connectivity index (χ1v) is 4.28. The van der Waals surface area contributed by atoms with Crippen molar-refractivity contribution in [2.75, 3.05) is 13.2 Å². The van der Waals surface area contributed by atoms with Crippen LogP contribution >= 0.6 is 0 Å². The predicted octanol–water partition coefficient (Wildman–Crippen LogP) is 1.48. The van der Waals surface area contributed by atoms with Gasteiger partial charge in [0.25, 0.3) is 0 Å². The summed E-state index contributed by atoms with van der Waals surface area (Å²) >= 11 is 0. The molecule has 0 spiro atoms. The van der Waals surface area contributed by atoms with Gasteiger partial charge >= 0.3 is 0 Å². The number of hydrogen-bond acceptors (Lipinski definition) is 2. The molecule has 0 radical (unpaired) electrons. The van der Waals surface area contributed by atoms with Crippen LogP contribution in [-0.4, -0.2) is 23.4 Å². The van der Waals surface area contributed by atoms with Gasteiger partial charge in [0.2, 0.25) is 0 Å². The maximum Gasteiger partial charge on any atom is 0.0612 e. The summed E-state index contributed by atoms with van der Waals surface area (Å²) in [5.74, 6) is 0. The molecule has 2 N–H and O–H groups in total. The molecule has 0 aromatic carbocycles. The largest absolute Gasteiger partial charge is 0.396 e. The standard InChI is InChI=1S/C9H18O2/c10-8-6-4-2-1-3-5-7-9-11/h4,6,10-11H,1-3,5,7-9H2/b6-4+. The molecule has 0 aromatic rings. The lowest BCUT2D eigenvalue weighted by Gasteiger charge is -1.95. The second-order valence-corrected chi connectivity index (χ2v) is 2.58. The molecule has 0 aliphatic carbocycles. The van der Waals surface area contributed by atoms with Crippen molar-refractivity contribution >= 4 is 0 Å². The molecule has 0 aliphatic heterocycles. The quantitative estimate of drug-likeness (QED) is 0.435. The summed E-state index contributed by atoms with van der Waals surface area (Å²) in [6.45, 7) is 0.461. The first-order valence-electron chi connectivity index (χ1n) is 4.28. The van der Waals surface area contributed by atoms with E-state index in [2.05, 4.69) is 0 Å². The lowest BCUT2D eigenvalue weighted by atomic mass is 10.1. The highest BCUT2D eigenvalue weighted by Gasteiger charge is 1.85. The molecule has 66 valence electrons. The van der Waals surface area contributed by atoms with Crippen molar-refractivity contribution in [1.82, 2.24) is 0 Å². The van der Waals surface area contributed by atoms with E-state index in [1.54, 1.807) is 6.08 Å². The summed E-state index contributed by atoms with van der Waals surface area (Å²) in [5.41, 5.74) is 0. The molecule has 0 aliphatic rings. The molecule has 0 rings (SSSR count). The Balaban J connectivity index is 2.85. The van der Waals surface area contributed by atoms with Crippen molar-refractivity contribution < 1.29 is 10.2 Å². The summed E-state index contributed by atoms with van der Waals surface area (Å²) in [4.78, 5) is 0. The molecule has 11 heavy (non-hydrogen) atoms. The van der Waals surface area contributed by atoms with Crippen molar-refractivity contribution in [3.8, 4) is 0 Å². The zero-order chi connectivity index (χ0) is 8.36. The molecular weight excluding hydrogens is 140 g/mol. The van der Waals surface area contributed by atoms with Crippen LogP contribution in [0.2, 0.25) is 0 Å². The Morgan fingerprint density at radius 2 is 1.55 bits per heavy atom. The third kappa shape index (κ3) is 9.66. The maximum absolute atomic E-state index is 8.46. The number of aliphatic hydroxyl groups is 2. The minimum atomic E-state index is 0.149. The SMILES string of the molecule is OC/C=C/CCCCCCO. The number of allylic oxidation sites excluding steroid dienone is 1. The summed E-state index contributed by atoms with van der Waals surface area (Å²) < 4.78 is 0. The fourth-order valence-electron chi connectivity index (χ4n) is 0.920. The van der Waals surface area contributed by atoms with E-state index in [1.165, 1.54) is 6.42 Å². The first-order chi connectivity index (χ1) is 5.41. The third-order valence-corrected chi connectivity index (χ3v) is 1.55. The van der Waals surface area contributed by atoms with E-state index in [9.17, 15) is 0 Å². The molecule has 0 saturated heterocycles. The fourth-order valence-corrected chi connectivity index (χ4v) is 0.920. The lowest BCUT2D eigenvalue weighted by molar-refractivity contribution is 0.282. The molecule has 0 bridgehead atoms. The average Bonchev–Trinajstić information content (AvgIpc) is 2.03. The Hall–Kier alpha value is -0.340. The molecule has 0 atom stereocenters. The normalized spacial score (nSPS) is 11.1. The van der Waals surface area contributed by atoms with Crippen molar-refractivity contribution in [3.05, 3.63) is 12.2 Å². The van der Waals surface area contributed by atoms with E-state index >= 15 is 0 Å². The van der Waals surface area contributed by atoms with Gasteiger partial charge in [0.1, 0.15) is 0 Å². The Morgan fingerprint density at radius 1 is 0.818 bits per heavy atom. The van der Waals surface area contributed by atoms with E-state index in [0.29, 0.717) is 6.61 Å². The Morgan fingerprint density at radius 3 is 2.18 bits per heavy atom. The third-order valence-electron chi connectivity index (χ3n) is 1.55. The van der Waals surface area contributed by atoms with Crippen molar-refractivity contribution in [1.29, 1.82) is 0 Å². The van der Waals surface area contributed by atoms with Gasteiger partial charge in [-0.1, -0.05) is 25.0 Å². The van der Waals surface area contributed by atoms with Crippen molar-refractivity contribution in [2.45, 2.75) is 32.1 Å². The molecule has 2 heteroatoms. The van der Waals surface area contributed by atoms with Gasteiger partial charge in [0, 0.05) is 6.61 Å². The lowest BCUT2D eigenvalue weighted by Crippen LogP contribution is -1.82. The van der Waals surface area contributed by atoms with Crippen LogP contribution in [0.1, 0.15) is 32.1 Å². The number of aliphatic hydroxyl groups excluding tert-OH is 2. The second kappa shape index (κ2) is 9.66. The summed E-state index contributed by atoms with van der Waals surface area (Å²) in [5, 5.41) is 16.8. The van der Waals surface area contributed by atoms with Crippen LogP contribution in [0.3, 0.4) is 0 Å². The highest BCUT2D eigenvalue weighted by molar-refractivity contribution is 4.80. The van der Waals surface area contributed by atoms with E-state index < -0.39 is 0 Å². The Bertz CT molecular complexity index is 89.6. The Labute approximate surface area is 68.6 Å². The molecule has 0 fully saturated rings. The number of hydrogen-bond donors (Lipinski definition) is 2. The van der Waals surface area contributed by atoms with Gasteiger partial charge < -0.3 is 10.2 Å². The zero-order valence-electron chi connectivity index (χ0n) is 7.00. The minimum absolute atomic E-state index is 0.149. The highest BCUT2D eigenvalue weighted by Crippen LogP contribution is 2.02. The van der Waals surface area contributed by atoms with Gasteiger partial charge in [0.15, 0.2) is 0 Å². The summed E-state index contributed by atoms with van der Waals surface area (Å²) in [6, 6.07) is 0. The fraction of sp³-hybridized carbons (Fsp3) is 0.778. The van der Waals surface area contributed by atoms with Crippen LogP contribution in [0.25, 0.3) is 0 Å². The molecule has 0 unspecified atom stereocenters. The van der Waals surface area contributed by atoms with E-state index in [0.717, 1.165) is 25.7 Å². The first kappa shape index (κ1) is 10.7. The van der Waals surface area contributed by atoms with Gasteiger partial charge in [0.05, 0.1) is 6.61 Å². The van der Waals surface area contributed by atoms with Crippen LogP contribution in [0.5, 0.6) is 0 Å². The number of unbranched alkanes of at least 4 members (excludes halogenated alkanes) is 4. The Kier molecular flexibility index (Phi) is 9.36. The van der Waals surface area contributed by atoms with Crippen LogP contribution in [0.4, 0.5) is 0 Å². The van der Waals surface area contributed by atoms with E-state index in [1.807, 2.05) is 6.08 Å². The minimum Gasteiger partial charge on any atom is -0.396 e. The van der Waals surface area contributed by atoms with Gasteiger partial charge in [-0.05, 0) is 19.3 Å². The molecule has 0 amide bonds.